The molecule has 0 heterocycles. The zero-order valence-electron chi connectivity index (χ0n) is 13.6. The molecule has 0 unspecified atom stereocenters. The number of carboxylic acids is 1. The monoisotopic (exact) mass is 359 g/mol. The standard InChI is InChI=1S/C14H21N3O6S/c1-3-16(4-2)24(22,23)11-7-8-12(13(10-11)17(20)21)15-9-5-6-14(18)19/h7-8,10,15H,3-6,9H2,1-2H3,(H,18,19). The molecule has 24 heavy (non-hydrogen) atoms. The van der Waals surface area contributed by atoms with Crippen LogP contribution in [-0.2, 0) is 14.8 Å². The van der Waals surface area contributed by atoms with Crippen LogP contribution in [0.1, 0.15) is 26.7 Å². The van der Waals surface area contributed by atoms with Gasteiger partial charge in [0.1, 0.15) is 5.69 Å². The number of hydrogen-bond acceptors (Lipinski definition) is 6. The van der Waals surface area contributed by atoms with Gasteiger partial charge < -0.3 is 10.4 Å². The molecule has 0 fully saturated rings. The van der Waals surface area contributed by atoms with Crippen LogP contribution < -0.4 is 5.32 Å². The van der Waals surface area contributed by atoms with E-state index in [1.54, 1.807) is 13.8 Å². The Morgan fingerprint density at radius 2 is 1.96 bits per heavy atom. The lowest BCUT2D eigenvalue weighted by Crippen LogP contribution is -2.30. The summed E-state index contributed by atoms with van der Waals surface area (Å²) in [5.41, 5.74) is -0.206. The molecule has 0 aliphatic rings. The number of hydrogen-bond donors (Lipinski definition) is 2. The Morgan fingerprint density at radius 1 is 1.33 bits per heavy atom. The van der Waals surface area contributed by atoms with E-state index in [2.05, 4.69) is 5.32 Å². The second kappa shape index (κ2) is 8.60. The predicted molar refractivity (Wildman–Crippen MR) is 88.6 cm³/mol. The SMILES string of the molecule is CCN(CC)S(=O)(=O)c1ccc(NCCCC(=O)O)c([N+](=O)[O-])c1. The second-order valence-corrected chi connectivity index (χ2v) is 6.89. The van der Waals surface area contributed by atoms with Crippen LogP contribution in [0.5, 0.6) is 0 Å². The molecule has 0 aromatic heterocycles. The summed E-state index contributed by atoms with van der Waals surface area (Å²) in [5.74, 6) is -0.952. The highest BCUT2D eigenvalue weighted by molar-refractivity contribution is 7.89. The van der Waals surface area contributed by atoms with Gasteiger partial charge in [0.05, 0.1) is 9.82 Å². The molecule has 0 amide bonds. The van der Waals surface area contributed by atoms with Gasteiger partial charge in [0.25, 0.3) is 5.69 Å². The van der Waals surface area contributed by atoms with E-state index >= 15 is 0 Å². The van der Waals surface area contributed by atoms with E-state index in [1.165, 1.54) is 16.4 Å². The van der Waals surface area contributed by atoms with E-state index in [0.29, 0.717) is 6.42 Å². The van der Waals surface area contributed by atoms with Crippen LogP contribution in [0.2, 0.25) is 0 Å². The molecule has 0 aliphatic carbocycles. The lowest BCUT2D eigenvalue weighted by molar-refractivity contribution is -0.384. The first-order valence-corrected chi connectivity index (χ1v) is 8.92. The van der Waals surface area contributed by atoms with Crippen molar-refractivity contribution in [3.05, 3.63) is 28.3 Å². The van der Waals surface area contributed by atoms with E-state index in [-0.39, 0.29) is 42.3 Å². The summed E-state index contributed by atoms with van der Waals surface area (Å²) in [6, 6.07) is 3.66. The van der Waals surface area contributed by atoms with Crippen molar-refractivity contribution in [1.82, 2.24) is 4.31 Å². The molecule has 2 N–H and O–H groups in total. The summed E-state index contributed by atoms with van der Waals surface area (Å²) in [7, 11) is -3.79. The van der Waals surface area contributed by atoms with Gasteiger partial charge in [0, 0.05) is 32.1 Å². The number of benzene rings is 1. The van der Waals surface area contributed by atoms with E-state index < -0.39 is 20.9 Å². The Labute approximate surface area is 140 Å². The predicted octanol–water partition coefficient (Wildman–Crippen LogP) is 1.90. The van der Waals surface area contributed by atoms with Gasteiger partial charge in [0.15, 0.2) is 0 Å². The summed E-state index contributed by atoms with van der Waals surface area (Å²) in [5, 5.41) is 22.6. The molecule has 134 valence electrons. The lowest BCUT2D eigenvalue weighted by Gasteiger charge is -2.18. The van der Waals surface area contributed by atoms with Gasteiger partial charge in [-0.05, 0) is 18.6 Å². The molecule has 0 radical (unpaired) electrons. The highest BCUT2D eigenvalue weighted by atomic mass is 32.2. The zero-order chi connectivity index (χ0) is 18.3. The van der Waals surface area contributed by atoms with Crippen molar-refractivity contribution in [1.29, 1.82) is 0 Å². The first-order chi connectivity index (χ1) is 11.2. The third kappa shape index (κ3) is 4.90. The molecule has 0 aliphatic heterocycles. The van der Waals surface area contributed by atoms with E-state index in [0.717, 1.165) is 6.07 Å². The fourth-order valence-electron chi connectivity index (χ4n) is 2.15. The minimum Gasteiger partial charge on any atom is -0.481 e. The smallest absolute Gasteiger partial charge is 0.303 e. The molecule has 0 atom stereocenters. The van der Waals surface area contributed by atoms with Gasteiger partial charge >= 0.3 is 5.97 Å². The van der Waals surface area contributed by atoms with Crippen LogP contribution >= 0.6 is 0 Å². The maximum atomic E-state index is 12.4. The molecule has 1 aromatic rings. The van der Waals surface area contributed by atoms with Crippen LogP contribution in [0.3, 0.4) is 0 Å². The van der Waals surface area contributed by atoms with Crippen molar-refractivity contribution in [2.75, 3.05) is 25.0 Å². The van der Waals surface area contributed by atoms with Crippen LogP contribution in [0.15, 0.2) is 23.1 Å². The molecule has 1 rings (SSSR count). The number of carbonyl (C=O) groups is 1. The third-order valence-electron chi connectivity index (χ3n) is 3.39. The topological polar surface area (TPSA) is 130 Å². The number of aliphatic carboxylic acids is 1. The van der Waals surface area contributed by atoms with Gasteiger partial charge in [-0.3, -0.25) is 14.9 Å². The largest absolute Gasteiger partial charge is 0.481 e. The van der Waals surface area contributed by atoms with Crippen molar-refractivity contribution in [2.45, 2.75) is 31.6 Å². The second-order valence-electron chi connectivity index (χ2n) is 4.95. The molecule has 0 saturated carbocycles. The van der Waals surface area contributed by atoms with Gasteiger partial charge in [-0.2, -0.15) is 4.31 Å². The number of carboxylic acid groups (broad SMARTS) is 1. The Kier molecular flexibility index (Phi) is 7.11. The van der Waals surface area contributed by atoms with Crippen LogP contribution in [0.25, 0.3) is 0 Å². The molecular weight excluding hydrogens is 338 g/mol. The fraction of sp³-hybridized carbons (Fsp3) is 0.500. The number of anilines is 1. The minimum absolute atomic E-state index is 0.0603. The summed E-state index contributed by atoms with van der Waals surface area (Å²) in [6.07, 6.45) is 0.237. The molecule has 10 heteroatoms. The molecule has 0 spiro atoms. The average Bonchev–Trinajstić information content (AvgIpc) is 2.52. The molecule has 9 nitrogen and oxygen atoms in total. The van der Waals surface area contributed by atoms with Crippen molar-refractivity contribution in [2.24, 2.45) is 0 Å². The van der Waals surface area contributed by atoms with Gasteiger partial charge in [0.2, 0.25) is 10.0 Å². The van der Waals surface area contributed by atoms with Crippen molar-refractivity contribution in [3.63, 3.8) is 0 Å². The van der Waals surface area contributed by atoms with Crippen LogP contribution in [0, 0.1) is 10.1 Å². The van der Waals surface area contributed by atoms with E-state index in [1.807, 2.05) is 0 Å². The van der Waals surface area contributed by atoms with Gasteiger partial charge in [-0.25, -0.2) is 8.42 Å². The number of nitrogens with one attached hydrogen (secondary N) is 1. The Bertz CT molecular complexity index is 700. The van der Waals surface area contributed by atoms with Crippen LogP contribution in [-0.4, -0.2) is 48.4 Å². The maximum absolute atomic E-state index is 12.4. The summed E-state index contributed by atoms with van der Waals surface area (Å²) >= 11 is 0. The van der Waals surface area contributed by atoms with Crippen molar-refractivity contribution in [3.8, 4) is 0 Å². The van der Waals surface area contributed by atoms with Gasteiger partial charge in [-0.15, -0.1) is 0 Å². The van der Waals surface area contributed by atoms with E-state index in [4.69, 9.17) is 5.11 Å². The lowest BCUT2D eigenvalue weighted by atomic mass is 10.2. The Hall–Kier alpha value is -2.20. The number of sulfonamides is 1. The maximum Gasteiger partial charge on any atom is 0.303 e. The van der Waals surface area contributed by atoms with Gasteiger partial charge in [-0.1, -0.05) is 13.8 Å². The first kappa shape index (κ1) is 19.8. The highest BCUT2D eigenvalue weighted by Gasteiger charge is 2.25. The third-order valence-corrected chi connectivity index (χ3v) is 5.44. The first-order valence-electron chi connectivity index (χ1n) is 7.48. The zero-order valence-corrected chi connectivity index (χ0v) is 14.4. The summed E-state index contributed by atoms with van der Waals surface area (Å²) in [4.78, 5) is 20.9. The number of rotatable bonds is 10. The quantitative estimate of drug-likeness (QED) is 0.371. The average molecular weight is 359 g/mol. The Balaban J connectivity index is 3.07. The van der Waals surface area contributed by atoms with E-state index in [9.17, 15) is 23.3 Å². The summed E-state index contributed by atoms with van der Waals surface area (Å²) < 4.78 is 26.1. The van der Waals surface area contributed by atoms with Crippen LogP contribution in [0.4, 0.5) is 11.4 Å². The molecule has 1 aromatic carbocycles. The number of nitro groups is 1. The number of nitro benzene ring substituents is 1. The summed E-state index contributed by atoms with van der Waals surface area (Å²) in [6.45, 7) is 4.14. The van der Waals surface area contributed by atoms with Crippen molar-refractivity contribution < 1.29 is 23.2 Å². The number of nitrogens with zero attached hydrogens (tertiary/aromatic N) is 2. The Morgan fingerprint density at radius 3 is 2.46 bits per heavy atom. The van der Waals surface area contributed by atoms with Crippen molar-refractivity contribution >= 4 is 27.4 Å². The fourth-order valence-corrected chi connectivity index (χ4v) is 3.63. The molecular formula is C14H21N3O6S. The molecule has 0 saturated heterocycles. The highest BCUT2D eigenvalue weighted by Crippen LogP contribution is 2.29. The normalized spacial score (nSPS) is 11.5. The molecule has 0 bridgehead atoms. The minimum atomic E-state index is -3.79.